The van der Waals surface area contributed by atoms with E-state index in [-0.39, 0.29) is 11.9 Å². The summed E-state index contributed by atoms with van der Waals surface area (Å²) in [7, 11) is 0. The summed E-state index contributed by atoms with van der Waals surface area (Å²) >= 11 is 0. The summed E-state index contributed by atoms with van der Waals surface area (Å²) in [5.74, 6) is 4.77. The molecule has 1 fully saturated rings. The van der Waals surface area contributed by atoms with Crippen molar-refractivity contribution in [1.29, 1.82) is 0 Å². The van der Waals surface area contributed by atoms with Gasteiger partial charge in [-0.05, 0) is 13.3 Å². The first-order valence-electron chi connectivity index (χ1n) is 5.14. The van der Waals surface area contributed by atoms with Gasteiger partial charge in [0, 0.05) is 25.6 Å². The Morgan fingerprint density at radius 2 is 2.07 bits per heavy atom. The summed E-state index contributed by atoms with van der Waals surface area (Å²) in [5, 5.41) is 18.7. The zero-order chi connectivity index (χ0) is 11.4. The monoisotopic (exact) mass is 217 g/mol. The van der Waals surface area contributed by atoms with Gasteiger partial charge in [-0.2, -0.15) is 0 Å². The van der Waals surface area contributed by atoms with E-state index in [0.717, 1.165) is 0 Å². The highest BCUT2D eigenvalue weighted by Gasteiger charge is 2.31. The third-order valence-corrected chi connectivity index (χ3v) is 2.86. The number of aliphatic hydroxyl groups excluding tert-OH is 2. The van der Waals surface area contributed by atoms with Crippen LogP contribution in [-0.4, -0.2) is 52.4 Å². The Morgan fingerprint density at radius 3 is 2.53 bits per heavy atom. The summed E-state index contributed by atoms with van der Waals surface area (Å²) in [6.07, 6.45) is -0.311. The second-order valence-electron chi connectivity index (χ2n) is 4.04. The van der Waals surface area contributed by atoms with Gasteiger partial charge in [0.15, 0.2) is 0 Å². The Hall–Kier alpha value is -0.690. The van der Waals surface area contributed by atoms with E-state index in [9.17, 15) is 15.0 Å². The van der Waals surface area contributed by atoms with E-state index in [4.69, 9.17) is 5.84 Å². The molecule has 15 heavy (non-hydrogen) atoms. The minimum atomic E-state index is -0.671. The Morgan fingerprint density at radius 1 is 1.53 bits per heavy atom. The van der Waals surface area contributed by atoms with Crippen LogP contribution in [0, 0.1) is 0 Å². The highest BCUT2D eigenvalue weighted by Crippen LogP contribution is 2.16. The van der Waals surface area contributed by atoms with Crippen LogP contribution in [0.25, 0.3) is 0 Å². The third kappa shape index (κ3) is 3.42. The first-order chi connectivity index (χ1) is 7.04. The first-order valence-corrected chi connectivity index (χ1v) is 5.14. The number of nitrogens with one attached hydrogen (secondary N) is 1. The van der Waals surface area contributed by atoms with E-state index in [2.05, 4.69) is 5.43 Å². The van der Waals surface area contributed by atoms with Crippen LogP contribution in [0.1, 0.15) is 19.8 Å². The summed E-state index contributed by atoms with van der Waals surface area (Å²) in [4.78, 5) is 12.9. The quantitative estimate of drug-likeness (QED) is 0.252. The molecule has 1 saturated heterocycles. The number of carbonyl (C=O) groups is 1. The van der Waals surface area contributed by atoms with Crippen molar-refractivity contribution in [1.82, 2.24) is 10.3 Å². The van der Waals surface area contributed by atoms with Gasteiger partial charge >= 0.3 is 0 Å². The third-order valence-electron chi connectivity index (χ3n) is 2.86. The molecule has 1 rings (SSSR count). The molecule has 0 radical (unpaired) electrons. The predicted molar refractivity (Wildman–Crippen MR) is 54.6 cm³/mol. The fourth-order valence-electron chi connectivity index (χ4n) is 1.75. The number of amides is 1. The van der Waals surface area contributed by atoms with E-state index in [0.29, 0.717) is 25.9 Å². The lowest BCUT2D eigenvalue weighted by Gasteiger charge is -2.23. The van der Waals surface area contributed by atoms with Crippen LogP contribution in [0.2, 0.25) is 0 Å². The Bertz CT molecular complexity index is 215. The topological polar surface area (TPSA) is 98.8 Å². The lowest BCUT2D eigenvalue weighted by molar-refractivity contribution is -0.121. The molecule has 3 atom stereocenters. The maximum atomic E-state index is 10.9. The van der Waals surface area contributed by atoms with Gasteiger partial charge < -0.3 is 10.2 Å². The lowest BCUT2D eigenvalue weighted by atomic mass is 10.1. The standard InChI is InChI=1S/C9H19N3O3/c1-6(2-3-9(15)11-10)12-4-7(13)8(14)5-12/h6-8,13-14H,2-5,10H2,1H3,(H,11,15). The SMILES string of the molecule is CC(CCC(=O)NN)N1CC(O)C(O)C1. The summed E-state index contributed by atoms with van der Waals surface area (Å²) in [6.45, 7) is 2.90. The molecule has 0 bridgehead atoms. The van der Waals surface area contributed by atoms with E-state index in [1.165, 1.54) is 0 Å². The van der Waals surface area contributed by atoms with Gasteiger partial charge in [-0.15, -0.1) is 0 Å². The van der Waals surface area contributed by atoms with Crippen molar-refractivity contribution in [2.75, 3.05) is 13.1 Å². The van der Waals surface area contributed by atoms with E-state index in [1.54, 1.807) is 0 Å². The fraction of sp³-hybridized carbons (Fsp3) is 0.889. The van der Waals surface area contributed by atoms with Gasteiger partial charge in [-0.1, -0.05) is 0 Å². The van der Waals surface area contributed by atoms with Crippen molar-refractivity contribution in [3.63, 3.8) is 0 Å². The van der Waals surface area contributed by atoms with Crippen molar-refractivity contribution in [3.8, 4) is 0 Å². The molecule has 0 aromatic heterocycles. The van der Waals surface area contributed by atoms with Gasteiger partial charge in [-0.3, -0.25) is 15.1 Å². The smallest absolute Gasteiger partial charge is 0.233 e. The lowest BCUT2D eigenvalue weighted by Crippen LogP contribution is -2.35. The van der Waals surface area contributed by atoms with Crippen LogP contribution in [-0.2, 0) is 4.79 Å². The minimum absolute atomic E-state index is 0.161. The average molecular weight is 217 g/mol. The van der Waals surface area contributed by atoms with Crippen LogP contribution in [0.15, 0.2) is 0 Å². The molecule has 0 aromatic carbocycles. The molecular formula is C9H19N3O3. The number of likely N-dealkylation sites (tertiary alicyclic amines) is 1. The van der Waals surface area contributed by atoms with Gasteiger partial charge in [0.05, 0.1) is 12.2 Å². The number of β-amino-alcohol motifs (C(OH)–C–C–N with tert-alkyl or cyclic N) is 2. The fourth-order valence-corrected chi connectivity index (χ4v) is 1.75. The van der Waals surface area contributed by atoms with Gasteiger partial charge in [0.2, 0.25) is 5.91 Å². The largest absolute Gasteiger partial charge is 0.389 e. The molecule has 0 spiro atoms. The number of nitrogens with two attached hydrogens (primary N) is 1. The van der Waals surface area contributed by atoms with Crippen molar-refractivity contribution in [2.24, 2.45) is 5.84 Å². The zero-order valence-corrected chi connectivity index (χ0v) is 8.89. The summed E-state index contributed by atoms with van der Waals surface area (Å²) < 4.78 is 0. The molecule has 1 aliphatic heterocycles. The number of hydrazine groups is 1. The molecule has 1 amide bonds. The highest BCUT2D eigenvalue weighted by atomic mass is 16.3. The van der Waals surface area contributed by atoms with Crippen LogP contribution >= 0.6 is 0 Å². The maximum Gasteiger partial charge on any atom is 0.233 e. The van der Waals surface area contributed by atoms with Crippen LogP contribution in [0.5, 0.6) is 0 Å². The molecule has 3 unspecified atom stereocenters. The van der Waals surface area contributed by atoms with Crippen LogP contribution < -0.4 is 11.3 Å². The second-order valence-corrected chi connectivity index (χ2v) is 4.04. The van der Waals surface area contributed by atoms with E-state index >= 15 is 0 Å². The molecule has 5 N–H and O–H groups in total. The normalized spacial score (nSPS) is 29.1. The summed E-state index contributed by atoms with van der Waals surface area (Å²) in [6, 6.07) is 0.161. The number of rotatable bonds is 4. The predicted octanol–water partition coefficient (Wildman–Crippen LogP) is -1.82. The molecular weight excluding hydrogens is 198 g/mol. The number of aliphatic hydroxyl groups is 2. The number of hydrogen-bond acceptors (Lipinski definition) is 5. The molecule has 1 heterocycles. The van der Waals surface area contributed by atoms with Gasteiger partial charge in [0.25, 0.3) is 0 Å². The Labute approximate surface area is 89.0 Å². The Balaban J connectivity index is 2.29. The number of carbonyl (C=O) groups excluding carboxylic acids is 1. The van der Waals surface area contributed by atoms with Crippen molar-refractivity contribution in [2.45, 2.75) is 38.0 Å². The van der Waals surface area contributed by atoms with Crippen LogP contribution in [0.4, 0.5) is 0 Å². The molecule has 0 saturated carbocycles. The highest BCUT2D eigenvalue weighted by molar-refractivity contribution is 5.75. The molecule has 1 aliphatic rings. The molecule has 6 heteroatoms. The van der Waals surface area contributed by atoms with Crippen LogP contribution in [0.3, 0.4) is 0 Å². The average Bonchev–Trinajstić information content (AvgIpc) is 2.55. The summed E-state index contributed by atoms with van der Waals surface area (Å²) in [5.41, 5.74) is 2.07. The molecule has 88 valence electrons. The Kier molecular flexibility index (Phi) is 4.46. The van der Waals surface area contributed by atoms with Gasteiger partial charge in [-0.25, -0.2) is 5.84 Å². The van der Waals surface area contributed by atoms with Crippen molar-refractivity contribution < 1.29 is 15.0 Å². The van der Waals surface area contributed by atoms with E-state index in [1.807, 2.05) is 11.8 Å². The molecule has 0 aromatic rings. The number of nitrogens with zero attached hydrogens (tertiary/aromatic N) is 1. The first kappa shape index (κ1) is 12.4. The van der Waals surface area contributed by atoms with Crippen molar-refractivity contribution in [3.05, 3.63) is 0 Å². The zero-order valence-electron chi connectivity index (χ0n) is 8.89. The van der Waals surface area contributed by atoms with Crippen molar-refractivity contribution >= 4 is 5.91 Å². The molecule has 0 aliphatic carbocycles. The maximum absolute atomic E-state index is 10.9. The van der Waals surface area contributed by atoms with E-state index < -0.39 is 12.2 Å². The van der Waals surface area contributed by atoms with Gasteiger partial charge in [0.1, 0.15) is 0 Å². The number of hydrogen-bond donors (Lipinski definition) is 4. The second kappa shape index (κ2) is 5.41. The molecule has 6 nitrogen and oxygen atoms in total. The minimum Gasteiger partial charge on any atom is -0.389 e.